The summed E-state index contributed by atoms with van der Waals surface area (Å²) in [5, 5.41) is 13.2. The van der Waals surface area contributed by atoms with Crippen molar-refractivity contribution in [3.8, 4) is 6.07 Å². The predicted octanol–water partition coefficient (Wildman–Crippen LogP) is 4.76. The predicted molar refractivity (Wildman–Crippen MR) is 146 cm³/mol. The topological polar surface area (TPSA) is 93.5 Å². The number of imide groups is 1. The quantitative estimate of drug-likeness (QED) is 0.379. The molecule has 3 aliphatic carbocycles. The maximum Gasteiger partial charge on any atom is 0.292 e. The Morgan fingerprint density at radius 2 is 1.38 bits per heavy atom. The van der Waals surface area contributed by atoms with Crippen molar-refractivity contribution in [3.05, 3.63) is 123 Å². The van der Waals surface area contributed by atoms with Gasteiger partial charge in [-0.25, -0.2) is 0 Å². The van der Waals surface area contributed by atoms with Gasteiger partial charge in [-0.15, -0.1) is 0 Å². The van der Waals surface area contributed by atoms with Crippen molar-refractivity contribution in [2.24, 2.45) is 11.8 Å². The molecule has 8 rings (SSSR count). The monoisotopic (exact) mass is 530 g/mol. The van der Waals surface area contributed by atoms with Crippen LogP contribution in [0.1, 0.15) is 41.0 Å². The van der Waals surface area contributed by atoms with Gasteiger partial charge in [0.15, 0.2) is 5.57 Å². The van der Waals surface area contributed by atoms with Crippen LogP contribution < -0.4 is 10.3 Å². The standard InChI is InChI=1S/C31H22N4O3S/c1-17-16-39-31(34(17)18-9-3-2-4-10-18)23(15-32)29(37)35-30(38)27-25-21-13-7-5-11-19(21)24(26(27)28(36)33-35)20-12-6-8-14-22(20)25/h2-14,16,24-27H,1H3,(H,33,36)/b31-23+. The molecule has 2 heterocycles. The van der Waals surface area contributed by atoms with Crippen molar-refractivity contribution in [3.63, 3.8) is 0 Å². The van der Waals surface area contributed by atoms with Crippen LogP contribution in [0.15, 0.2) is 101 Å². The van der Waals surface area contributed by atoms with E-state index < -0.39 is 23.7 Å². The number of para-hydroxylation sites is 1. The largest absolute Gasteiger partial charge is 0.307 e. The first-order valence-corrected chi connectivity index (χ1v) is 13.6. The molecule has 1 N–H and O–H groups in total. The lowest BCUT2D eigenvalue weighted by atomic mass is 9.53. The lowest BCUT2D eigenvalue weighted by molar-refractivity contribution is -0.165. The van der Waals surface area contributed by atoms with E-state index in [0.717, 1.165) is 38.6 Å². The van der Waals surface area contributed by atoms with E-state index in [1.54, 1.807) is 0 Å². The average Bonchev–Trinajstić information content (AvgIpc) is 3.36. The maximum absolute atomic E-state index is 14.1. The summed E-state index contributed by atoms with van der Waals surface area (Å²) in [6.07, 6.45) is 0. The molecule has 1 saturated heterocycles. The van der Waals surface area contributed by atoms with Crippen molar-refractivity contribution in [1.29, 1.82) is 5.26 Å². The number of amides is 3. The van der Waals surface area contributed by atoms with Gasteiger partial charge in [0.25, 0.3) is 11.8 Å². The van der Waals surface area contributed by atoms with Crippen molar-refractivity contribution in [1.82, 2.24) is 10.4 Å². The molecule has 3 aromatic rings. The molecule has 2 bridgehead atoms. The van der Waals surface area contributed by atoms with Crippen molar-refractivity contribution >= 4 is 35.2 Å². The van der Waals surface area contributed by atoms with Gasteiger partial charge >= 0.3 is 0 Å². The number of hydrazine groups is 1. The highest BCUT2D eigenvalue weighted by atomic mass is 32.2. The second-order valence-electron chi connectivity index (χ2n) is 10.1. The van der Waals surface area contributed by atoms with Crippen LogP contribution in [-0.2, 0) is 14.4 Å². The smallest absolute Gasteiger partial charge is 0.292 e. The number of thioether (sulfide) groups is 1. The first-order chi connectivity index (χ1) is 19.0. The Balaban J connectivity index is 1.31. The fraction of sp³-hybridized carbons (Fsp3) is 0.161. The molecule has 7 nitrogen and oxygen atoms in total. The number of hydrogen-bond donors (Lipinski definition) is 1. The zero-order valence-electron chi connectivity index (χ0n) is 20.9. The zero-order chi connectivity index (χ0) is 26.8. The van der Waals surface area contributed by atoms with Crippen molar-refractivity contribution < 1.29 is 14.4 Å². The number of benzene rings is 3. The molecule has 0 radical (unpaired) electrons. The van der Waals surface area contributed by atoms with Crippen LogP contribution >= 0.6 is 11.8 Å². The number of nitrogens with zero attached hydrogens (tertiary/aromatic N) is 3. The summed E-state index contributed by atoms with van der Waals surface area (Å²) in [5.41, 5.74) is 8.13. The minimum absolute atomic E-state index is 0.203. The fourth-order valence-electron chi connectivity index (χ4n) is 6.60. The number of nitriles is 1. The molecule has 2 atom stereocenters. The average molecular weight is 531 g/mol. The Bertz CT molecular complexity index is 1640. The van der Waals surface area contributed by atoms with E-state index >= 15 is 0 Å². The molecular formula is C31H22N4O3S. The maximum atomic E-state index is 14.1. The summed E-state index contributed by atoms with van der Waals surface area (Å²) in [7, 11) is 0. The number of anilines is 1. The van der Waals surface area contributed by atoms with Crippen LogP contribution in [0.25, 0.3) is 0 Å². The van der Waals surface area contributed by atoms with E-state index in [-0.39, 0.29) is 23.3 Å². The summed E-state index contributed by atoms with van der Waals surface area (Å²) in [6.45, 7) is 1.89. The third kappa shape index (κ3) is 3.26. The zero-order valence-corrected chi connectivity index (χ0v) is 21.7. The van der Waals surface area contributed by atoms with Crippen LogP contribution in [0.3, 0.4) is 0 Å². The molecule has 0 aromatic heterocycles. The lowest BCUT2D eigenvalue weighted by Crippen LogP contribution is -2.65. The number of hydrogen-bond acceptors (Lipinski definition) is 6. The Labute approximate surface area is 229 Å². The Kier molecular flexibility index (Phi) is 5.25. The van der Waals surface area contributed by atoms with Crippen molar-refractivity contribution in [2.75, 3.05) is 4.90 Å². The number of carbonyl (C=O) groups excluding carboxylic acids is 3. The number of rotatable bonds is 2. The van der Waals surface area contributed by atoms with Crippen LogP contribution in [0, 0.1) is 23.2 Å². The minimum atomic E-state index is -0.830. The van der Waals surface area contributed by atoms with E-state index in [2.05, 4.69) is 5.43 Å². The Hall–Kier alpha value is -4.61. The van der Waals surface area contributed by atoms with E-state index in [4.69, 9.17) is 0 Å². The summed E-state index contributed by atoms with van der Waals surface area (Å²) >= 11 is 1.25. The molecule has 2 aliphatic heterocycles. The lowest BCUT2D eigenvalue weighted by Gasteiger charge is -2.52. The molecule has 8 heteroatoms. The van der Waals surface area contributed by atoms with Crippen LogP contribution in [0.4, 0.5) is 5.69 Å². The molecule has 0 spiro atoms. The van der Waals surface area contributed by atoms with Gasteiger partial charge in [0, 0.05) is 23.2 Å². The highest BCUT2D eigenvalue weighted by Gasteiger charge is 2.59. The molecule has 3 amide bonds. The normalized spacial score (nSPS) is 25.7. The van der Waals surface area contributed by atoms with Crippen LogP contribution in [0.2, 0.25) is 0 Å². The number of allylic oxidation sites excluding steroid dienone is 1. The van der Waals surface area contributed by atoms with E-state index in [0.29, 0.717) is 5.03 Å². The summed E-state index contributed by atoms with van der Waals surface area (Å²) in [6, 6.07) is 27.3. The first kappa shape index (κ1) is 23.5. The van der Waals surface area contributed by atoms with Crippen LogP contribution in [-0.4, -0.2) is 22.7 Å². The number of carbonyl (C=O) groups is 3. The first-order valence-electron chi connectivity index (χ1n) is 12.7. The van der Waals surface area contributed by atoms with Gasteiger partial charge in [-0.05, 0) is 46.7 Å². The van der Waals surface area contributed by atoms with E-state index in [9.17, 15) is 19.6 Å². The fourth-order valence-corrected chi connectivity index (χ4v) is 7.60. The minimum Gasteiger partial charge on any atom is -0.307 e. The Morgan fingerprint density at radius 3 is 1.95 bits per heavy atom. The number of nitrogens with one attached hydrogen (secondary N) is 1. The SMILES string of the molecule is CC1=CS/C(=C(\C#N)C(=O)N2NC(=O)C3C4c5ccccc5C(c5ccccc54)C3C2=O)N1c1ccccc1. The van der Waals surface area contributed by atoms with E-state index in [1.165, 1.54) is 11.8 Å². The van der Waals surface area contributed by atoms with Gasteiger partial charge in [0.2, 0.25) is 5.91 Å². The third-order valence-electron chi connectivity index (χ3n) is 8.12. The molecule has 190 valence electrons. The molecular weight excluding hydrogens is 508 g/mol. The molecule has 5 aliphatic rings. The van der Waals surface area contributed by atoms with Gasteiger partial charge < -0.3 is 4.90 Å². The highest BCUT2D eigenvalue weighted by molar-refractivity contribution is 8.06. The molecule has 3 aromatic carbocycles. The third-order valence-corrected chi connectivity index (χ3v) is 9.19. The summed E-state index contributed by atoms with van der Waals surface area (Å²) in [4.78, 5) is 43.5. The highest BCUT2D eigenvalue weighted by Crippen LogP contribution is 2.59. The van der Waals surface area contributed by atoms with E-state index in [1.807, 2.05) is 102 Å². The van der Waals surface area contributed by atoms with Gasteiger partial charge in [-0.2, -0.15) is 10.3 Å². The summed E-state index contributed by atoms with van der Waals surface area (Å²) in [5.74, 6) is -3.73. The van der Waals surface area contributed by atoms with Gasteiger partial charge in [0.1, 0.15) is 11.1 Å². The Morgan fingerprint density at radius 1 is 0.846 bits per heavy atom. The van der Waals surface area contributed by atoms with Crippen molar-refractivity contribution in [2.45, 2.75) is 18.8 Å². The van der Waals surface area contributed by atoms with Gasteiger partial charge in [0.05, 0.1) is 11.8 Å². The second kappa shape index (κ2) is 8.72. The molecule has 0 saturated carbocycles. The van der Waals surface area contributed by atoms with Crippen LogP contribution in [0.5, 0.6) is 0 Å². The van der Waals surface area contributed by atoms with Gasteiger partial charge in [-0.1, -0.05) is 78.5 Å². The second-order valence-corrected chi connectivity index (χ2v) is 10.9. The van der Waals surface area contributed by atoms with Gasteiger partial charge in [-0.3, -0.25) is 19.8 Å². The summed E-state index contributed by atoms with van der Waals surface area (Å²) < 4.78 is 0. The molecule has 2 unspecified atom stereocenters. The molecule has 1 fully saturated rings. The molecule has 39 heavy (non-hydrogen) atoms.